The molecule has 5 rings (SSSR count). The molecule has 214 valence electrons. The molecule has 1 aliphatic carbocycles. The van der Waals surface area contributed by atoms with Gasteiger partial charge in [0.15, 0.2) is 5.82 Å². The Morgan fingerprint density at radius 1 is 1.02 bits per heavy atom. The Hall–Kier alpha value is -3.70. The van der Waals surface area contributed by atoms with Crippen molar-refractivity contribution in [2.45, 2.75) is 70.0 Å². The van der Waals surface area contributed by atoms with Crippen molar-refractivity contribution >= 4 is 11.7 Å². The van der Waals surface area contributed by atoms with Gasteiger partial charge in [-0.05, 0) is 61.6 Å². The number of aromatic nitrogens is 3. The van der Waals surface area contributed by atoms with Crippen LogP contribution in [0.3, 0.4) is 0 Å². The van der Waals surface area contributed by atoms with E-state index >= 15 is 0 Å². The van der Waals surface area contributed by atoms with Crippen molar-refractivity contribution in [2.75, 3.05) is 11.4 Å². The van der Waals surface area contributed by atoms with E-state index in [4.69, 9.17) is 0 Å². The topological polar surface area (TPSA) is 68.1 Å². The molecular formula is C28H28F6N4O2. The number of alkyl halides is 5. The number of benzene rings is 1. The van der Waals surface area contributed by atoms with Crippen LogP contribution < -0.4 is 10.5 Å². The number of anilines is 1. The number of pyridine rings is 1. The number of hydrogen-bond acceptors (Lipinski definition) is 4. The number of amides is 1. The standard InChI is InChI=1S/C21H21F5N4O2.C7H7F/c22-20(23)8-10-29(19(20)32)17-11-14(13-5-2-1-3-6-13)18(31)30(28-17)12-16-15(21(24,25)26)7-4-9-27-16;1-6-3-2-4-7(8)5-6/h4,7,9,11,13H,1-3,5-6,8,10,12H2;2-5H,1H3. The van der Waals surface area contributed by atoms with Gasteiger partial charge in [-0.25, -0.2) is 9.07 Å². The third kappa shape index (κ3) is 6.71. The minimum absolute atomic E-state index is 0.156. The van der Waals surface area contributed by atoms with E-state index in [1.54, 1.807) is 6.07 Å². The highest BCUT2D eigenvalue weighted by Crippen LogP contribution is 2.35. The van der Waals surface area contributed by atoms with Gasteiger partial charge in [-0.3, -0.25) is 19.5 Å². The molecule has 0 bridgehead atoms. The highest BCUT2D eigenvalue weighted by molar-refractivity contribution is 5.99. The van der Waals surface area contributed by atoms with E-state index < -0.39 is 47.8 Å². The highest BCUT2D eigenvalue weighted by Gasteiger charge is 2.49. The maximum absolute atomic E-state index is 13.8. The molecule has 3 heterocycles. The zero-order valence-electron chi connectivity index (χ0n) is 21.7. The van der Waals surface area contributed by atoms with Crippen LogP contribution in [0.4, 0.5) is 32.2 Å². The third-order valence-corrected chi connectivity index (χ3v) is 6.99. The Balaban J connectivity index is 0.000000398. The van der Waals surface area contributed by atoms with Crippen molar-refractivity contribution in [1.82, 2.24) is 14.8 Å². The normalized spacial score (nSPS) is 17.5. The van der Waals surface area contributed by atoms with Crippen LogP contribution in [-0.2, 0) is 17.5 Å². The number of hydrogen-bond donors (Lipinski definition) is 0. The Morgan fingerprint density at radius 3 is 2.33 bits per heavy atom. The SMILES string of the molecule is Cc1cccc(F)c1.O=C1N(c2cc(C3CCCCC3)c(=O)n(Cc3ncccc3C(F)(F)F)n2)CCC1(F)F. The number of aryl methyl sites for hydroxylation is 1. The molecule has 1 saturated carbocycles. The second-order valence-electron chi connectivity index (χ2n) is 9.96. The number of carbonyl (C=O) groups excluding carboxylic acids is 1. The van der Waals surface area contributed by atoms with Crippen LogP contribution >= 0.6 is 0 Å². The largest absolute Gasteiger partial charge is 0.418 e. The Labute approximate surface area is 226 Å². The Bertz CT molecular complexity index is 1400. The summed E-state index contributed by atoms with van der Waals surface area (Å²) in [6.45, 7) is 0.974. The van der Waals surface area contributed by atoms with Gasteiger partial charge in [-0.1, -0.05) is 31.4 Å². The number of rotatable bonds is 4. The van der Waals surface area contributed by atoms with Gasteiger partial charge in [0, 0.05) is 24.7 Å². The lowest BCUT2D eigenvalue weighted by atomic mass is 9.85. The van der Waals surface area contributed by atoms with Crippen LogP contribution in [0, 0.1) is 12.7 Å². The quantitative estimate of drug-likeness (QED) is 0.350. The molecule has 1 aromatic carbocycles. The van der Waals surface area contributed by atoms with Crippen LogP contribution in [0.25, 0.3) is 0 Å². The fraction of sp³-hybridized carbons (Fsp3) is 0.429. The van der Waals surface area contributed by atoms with E-state index in [0.717, 1.165) is 46.5 Å². The summed E-state index contributed by atoms with van der Waals surface area (Å²) in [5.41, 5.74) is -0.786. The van der Waals surface area contributed by atoms with Crippen LogP contribution in [0.5, 0.6) is 0 Å². The molecule has 0 unspecified atom stereocenters. The van der Waals surface area contributed by atoms with Gasteiger partial charge in [0.1, 0.15) is 5.82 Å². The summed E-state index contributed by atoms with van der Waals surface area (Å²) in [5, 5.41) is 4.01. The fourth-order valence-electron chi connectivity index (χ4n) is 4.94. The van der Waals surface area contributed by atoms with Crippen molar-refractivity contribution in [2.24, 2.45) is 0 Å². The van der Waals surface area contributed by atoms with Crippen LogP contribution in [0.1, 0.15) is 66.8 Å². The first-order valence-corrected chi connectivity index (χ1v) is 12.9. The first-order chi connectivity index (χ1) is 18.9. The second kappa shape index (κ2) is 11.8. The van der Waals surface area contributed by atoms with Crippen LogP contribution in [-0.4, -0.2) is 33.1 Å². The zero-order valence-corrected chi connectivity index (χ0v) is 21.7. The summed E-state index contributed by atoms with van der Waals surface area (Å²) < 4.78 is 80.8. The average molecular weight is 567 g/mol. The monoisotopic (exact) mass is 566 g/mol. The van der Waals surface area contributed by atoms with E-state index in [-0.39, 0.29) is 29.7 Å². The first kappa shape index (κ1) is 29.3. The summed E-state index contributed by atoms with van der Waals surface area (Å²) in [7, 11) is 0. The molecule has 3 aromatic rings. The number of nitrogens with zero attached hydrogens (tertiary/aromatic N) is 4. The van der Waals surface area contributed by atoms with Gasteiger partial charge in [0.2, 0.25) is 0 Å². The molecular weight excluding hydrogens is 538 g/mol. The molecule has 40 heavy (non-hydrogen) atoms. The van der Waals surface area contributed by atoms with E-state index in [1.807, 2.05) is 13.0 Å². The molecule has 0 atom stereocenters. The molecule has 6 nitrogen and oxygen atoms in total. The summed E-state index contributed by atoms with van der Waals surface area (Å²) in [5.74, 6) is -5.47. The maximum atomic E-state index is 13.8. The minimum atomic E-state index is -4.69. The Morgan fingerprint density at radius 2 is 1.75 bits per heavy atom. The Kier molecular flexibility index (Phi) is 8.65. The predicted molar refractivity (Wildman–Crippen MR) is 136 cm³/mol. The summed E-state index contributed by atoms with van der Waals surface area (Å²) in [4.78, 5) is 29.9. The zero-order chi connectivity index (χ0) is 29.1. The van der Waals surface area contributed by atoms with Crippen molar-refractivity contribution in [3.63, 3.8) is 0 Å². The van der Waals surface area contributed by atoms with Crippen molar-refractivity contribution in [1.29, 1.82) is 0 Å². The van der Waals surface area contributed by atoms with Crippen molar-refractivity contribution in [3.8, 4) is 0 Å². The second-order valence-corrected chi connectivity index (χ2v) is 9.96. The lowest BCUT2D eigenvalue weighted by molar-refractivity contribution is -0.138. The molecule has 12 heteroatoms. The first-order valence-electron chi connectivity index (χ1n) is 12.9. The molecule has 0 N–H and O–H groups in total. The van der Waals surface area contributed by atoms with E-state index in [2.05, 4.69) is 10.1 Å². The van der Waals surface area contributed by atoms with E-state index in [1.165, 1.54) is 24.4 Å². The summed E-state index contributed by atoms with van der Waals surface area (Å²) >= 11 is 0. The van der Waals surface area contributed by atoms with Gasteiger partial charge in [0.25, 0.3) is 11.5 Å². The van der Waals surface area contributed by atoms with Gasteiger partial charge in [-0.15, -0.1) is 0 Å². The molecule has 1 saturated heterocycles. The smallest absolute Gasteiger partial charge is 0.290 e. The molecule has 0 radical (unpaired) electrons. The lowest BCUT2D eigenvalue weighted by Crippen LogP contribution is -2.37. The molecule has 2 aromatic heterocycles. The molecule has 2 aliphatic rings. The molecule has 1 aliphatic heterocycles. The summed E-state index contributed by atoms with van der Waals surface area (Å²) in [6, 6.07) is 9.83. The molecule has 2 fully saturated rings. The van der Waals surface area contributed by atoms with Gasteiger partial charge in [0.05, 0.1) is 17.8 Å². The van der Waals surface area contributed by atoms with Crippen molar-refractivity contribution < 1.29 is 31.1 Å². The predicted octanol–water partition coefficient (Wildman–Crippen LogP) is 6.26. The van der Waals surface area contributed by atoms with Crippen LogP contribution in [0.15, 0.2) is 53.5 Å². The highest BCUT2D eigenvalue weighted by atomic mass is 19.4. The average Bonchev–Trinajstić information content (AvgIpc) is 3.18. The minimum Gasteiger partial charge on any atom is -0.290 e. The fourth-order valence-corrected chi connectivity index (χ4v) is 4.94. The maximum Gasteiger partial charge on any atom is 0.418 e. The van der Waals surface area contributed by atoms with Gasteiger partial charge >= 0.3 is 12.1 Å². The summed E-state index contributed by atoms with van der Waals surface area (Å²) in [6.07, 6.45) is -0.0650. The number of carbonyl (C=O) groups is 1. The van der Waals surface area contributed by atoms with E-state index in [9.17, 15) is 35.9 Å². The third-order valence-electron chi connectivity index (χ3n) is 6.99. The van der Waals surface area contributed by atoms with Crippen molar-refractivity contribution in [3.05, 3.63) is 87.2 Å². The van der Waals surface area contributed by atoms with Crippen LogP contribution in [0.2, 0.25) is 0 Å². The lowest BCUT2D eigenvalue weighted by Gasteiger charge is -2.24. The van der Waals surface area contributed by atoms with Gasteiger partial charge in [-0.2, -0.15) is 27.1 Å². The molecule has 0 spiro atoms. The number of halogens is 6. The molecule has 1 amide bonds. The van der Waals surface area contributed by atoms with E-state index in [0.29, 0.717) is 12.8 Å². The van der Waals surface area contributed by atoms with Gasteiger partial charge < -0.3 is 0 Å².